The van der Waals surface area contributed by atoms with E-state index in [1.165, 1.54) is 13.3 Å². The Morgan fingerprint density at radius 3 is 2.33 bits per heavy atom. The number of ether oxygens (including phenoxy) is 4. The van der Waals surface area contributed by atoms with Crippen molar-refractivity contribution in [2.45, 2.75) is 13.5 Å². The smallest absolute Gasteiger partial charge is 0.343 e. The minimum atomic E-state index is -0.542. The molecule has 39 heavy (non-hydrogen) atoms. The molecule has 0 heterocycles. The molecule has 0 aliphatic heterocycles. The van der Waals surface area contributed by atoms with Crippen molar-refractivity contribution in [1.82, 2.24) is 5.43 Å². The van der Waals surface area contributed by atoms with Crippen LogP contribution in [0.2, 0.25) is 0 Å². The maximum atomic E-state index is 12.6. The lowest BCUT2D eigenvalue weighted by Gasteiger charge is -2.11. The van der Waals surface area contributed by atoms with Crippen LogP contribution in [-0.4, -0.2) is 31.8 Å². The van der Waals surface area contributed by atoms with Crippen LogP contribution in [0.1, 0.15) is 38.8 Å². The predicted molar refractivity (Wildman–Crippen MR) is 148 cm³/mol. The van der Waals surface area contributed by atoms with Crippen LogP contribution in [0.25, 0.3) is 0 Å². The first-order chi connectivity index (χ1) is 19.1. The van der Waals surface area contributed by atoms with Gasteiger partial charge in [0.1, 0.15) is 18.1 Å². The largest absolute Gasteiger partial charge is 0.497 e. The summed E-state index contributed by atoms with van der Waals surface area (Å²) in [4.78, 5) is 25.1. The second-order valence-electron chi connectivity index (χ2n) is 8.26. The van der Waals surface area contributed by atoms with Crippen LogP contribution in [0, 0.1) is 0 Å². The van der Waals surface area contributed by atoms with Gasteiger partial charge in [0.2, 0.25) is 0 Å². The summed E-state index contributed by atoms with van der Waals surface area (Å²) in [6, 6.07) is 28.3. The zero-order chi connectivity index (χ0) is 27.5. The fourth-order valence-electron chi connectivity index (χ4n) is 3.54. The molecule has 1 amide bonds. The van der Waals surface area contributed by atoms with E-state index in [1.807, 2.05) is 37.3 Å². The van der Waals surface area contributed by atoms with Crippen molar-refractivity contribution < 1.29 is 28.5 Å². The molecule has 0 saturated carbocycles. The van der Waals surface area contributed by atoms with Crippen LogP contribution >= 0.6 is 0 Å². The maximum absolute atomic E-state index is 12.6. The molecule has 0 spiro atoms. The van der Waals surface area contributed by atoms with E-state index in [0.717, 1.165) is 5.56 Å². The van der Waals surface area contributed by atoms with Gasteiger partial charge in [-0.2, -0.15) is 5.10 Å². The van der Waals surface area contributed by atoms with Crippen molar-refractivity contribution in [2.75, 3.05) is 13.7 Å². The molecule has 0 atom stereocenters. The van der Waals surface area contributed by atoms with Crippen molar-refractivity contribution in [3.05, 3.63) is 119 Å². The lowest BCUT2D eigenvalue weighted by Crippen LogP contribution is -2.17. The average molecular weight is 525 g/mol. The number of esters is 1. The van der Waals surface area contributed by atoms with E-state index in [9.17, 15) is 9.59 Å². The molecule has 1 N–H and O–H groups in total. The fraction of sp³-hybridized carbons (Fsp3) is 0.129. The highest BCUT2D eigenvalue weighted by Crippen LogP contribution is 2.29. The van der Waals surface area contributed by atoms with E-state index in [2.05, 4.69) is 10.5 Å². The van der Waals surface area contributed by atoms with Gasteiger partial charge < -0.3 is 18.9 Å². The summed E-state index contributed by atoms with van der Waals surface area (Å²) in [6.45, 7) is 2.64. The number of benzene rings is 4. The predicted octanol–water partition coefficient (Wildman–Crippen LogP) is 5.66. The highest BCUT2D eigenvalue weighted by molar-refractivity contribution is 5.95. The summed E-state index contributed by atoms with van der Waals surface area (Å²) in [6.07, 6.45) is 1.48. The number of nitrogens with zero attached hydrogens (tertiary/aromatic N) is 1. The quantitative estimate of drug-likeness (QED) is 0.118. The summed E-state index contributed by atoms with van der Waals surface area (Å²) < 4.78 is 22.1. The van der Waals surface area contributed by atoms with Crippen molar-refractivity contribution in [3.8, 4) is 23.0 Å². The molecule has 8 heteroatoms. The van der Waals surface area contributed by atoms with Gasteiger partial charge in [-0.1, -0.05) is 36.4 Å². The lowest BCUT2D eigenvalue weighted by atomic mass is 10.2. The van der Waals surface area contributed by atoms with Gasteiger partial charge in [-0.3, -0.25) is 4.79 Å². The average Bonchev–Trinajstić information content (AvgIpc) is 2.98. The lowest BCUT2D eigenvalue weighted by molar-refractivity contribution is 0.0727. The third kappa shape index (κ3) is 7.69. The number of nitrogens with one attached hydrogen (secondary N) is 1. The van der Waals surface area contributed by atoms with Gasteiger partial charge in [0.15, 0.2) is 11.5 Å². The number of hydrogen-bond acceptors (Lipinski definition) is 7. The van der Waals surface area contributed by atoms with Gasteiger partial charge in [-0.25, -0.2) is 10.2 Å². The summed E-state index contributed by atoms with van der Waals surface area (Å²) in [5.41, 5.74) is 5.00. The van der Waals surface area contributed by atoms with Gasteiger partial charge >= 0.3 is 5.97 Å². The van der Waals surface area contributed by atoms with Crippen LogP contribution in [0.4, 0.5) is 0 Å². The Morgan fingerprint density at radius 2 is 1.59 bits per heavy atom. The third-order valence-electron chi connectivity index (χ3n) is 5.52. The van der Waals surface area contributed by atoms with E-state index < -0.39 is 5.97 Å². The standard InChI is InChI=1S/C31H28N2O6/c1-3-37-29-18-23(12-17-28(29)39-31(35)25-10-7-11-27(19-25)36-2)20-32-33-30(34)24-13-15-26(16-14-24)38-21-22-8-5-4-6-9-22/h4-20H,3,21H2,1-2H3,(H,33,34). The van der Waals surface area contributed by atoms with Crippen molar-refractivity contribution >= 4 is 18.1 Å². The molecule has 4 aromatic carbocycles. The summed E-state index contributed by atoms with van der Waals surface area (Å²) >= 11 is 0. The molecule has 0 fully saturated rings. The van der Waals surface area contributed by atoms with Crippen molar-refractivity contribution in [3.63, 3.8) is 0 Å². The number of hydrazone groups is 1. The molecular weight excluding hydrogens is 496 g/mol. The first kappa shape index (κ1) is 26.9. The first-order valence-corrected chi connectivity index (χ1v) is 12.3. The van der Waals surface area contributed by atoms with Gasteiger partial charge in [-0.15, -0.1) is 0 Å². The Labute approximate surface area is 226 Å². The molecule has 198 valence electrons. The van der Waals surface area contributed by atoms with E-state index in [0.29, 0.717) is 47.2 Å². The minimum absolute atomic E-state index is 0.264. The Kier molecular flexibility index (Phi) is 9.28. The highest BCUT2D eigenvalue weighted by Gasteiger charge is 2.14. The topological polar surface area (TPSA) is 95.5 Å². The molecule has 0 radical (unpaired) electrons. The van der Waals surface area contributed by atoms with Crippen molar-refractivity contribution in [2.24, 2.45) is 5.10 Å². The molecule has 0 aliphatic carbocycles. The normalized spacial score (nSPS) is 10.6. The summed E-state index contributed by atoms with van der Waals surface area (Å²) in [5, 5.41) is 4.04. The first-order valence-electron chi connectivity index (χ1n) is 12.3. The number of carbonyl (C=O) groups is 2. The van der Waals surface area contributed by atoms with E-state index in [4.69, 9.17) is 18.9 Å². The molecule has 0 aromatic heterocycles. The van der Waals surface area contributed by atoms with E-state index in [-0.39, 0.29) is 11.7 Å². The Bertz CT molecular complexity index is 1440. The van der Waals surface area contributed by atoms with Gasteiger partial charge in [0.25, 0.3) is 5.91 Å². The summed E-state index contributed by atoms with van der Waals surface area (Å²) in [5.74, 6) is 0.940. The van der Waals surface area contributed by atoms with Gasteiger partial charge in [-0.05, 0) is 78.7 Å². The molecule has 0 bridgehead atoms. The molecule has 0 unspecified atom stereocenters. The van der Waals surface area contributed by atoms with Gasteiger partial charge in [0, 0.05) is 5.56 Å². The highest BCUT2D eigenvalue weighted by atomic mass is 16.6. The van der Waals surface area contributed by atoms with Crippen LogP contribution < -0.4 is 24.4 Å². The Morgan fingerprint density at radius 1 is 0.795 bits per heavy atom. The van der Waals surface area contributed by atoms with Gasteiger partial charge in [0.05, 0.1) is 25.5 Å². The molecule has 0 aliphatic rings. The fourth-order valence-corrected chi connectivity index (χ4v) is 3.54. The number of amides is 1. The SMILES string of the molecule is CCOc1cc(C=NNC(=O)c2ccc(OCc3ccccc3)cc2)ccc1OC(=O)c1cccc(OC)c1. The maximum Gasteiger partial charge on any atom is 0.343 e. The second kappa shape index (κ2) is 13.4. The zero-order valence-corrected chi connectivity index (χ0v) is 21.6. The number of methoxy groups -OCH3 is 1. The molecule has 4 aromatic rings. The summed E-state index contributed by atoms with van der Waals surface area (Å²) in [7, 11) is 1.53. The molecule has 8 nitrogen and oxygen atoms in total. The molecule has 0 saturated heterocycles. The number of rotatable bonds is 11. The Hall–Kier alpha value is -5.11. The van der Waals surface area contributed by atoms with Crippen LogP contribution in [0.15, 0.2) is 102 Å². The third-order valence-corrected chi connectivity index (χ3v) is 5.52. The molecule has 4 rings (SSSR count). The van der Waals surface area contributed by atoms with Crippen LogP contribution in [0.5, 0.6) is 23.0 Å². The number of carbonyl (C=O) groups excluding carboxylic acids is 2. The minimum Gasteiger partial charge on any atom is -0.497 e. The monoisotopic (exact) mass is 524 g/mol. The van der Waals surface area contributed by atoms with Crippen LogP contribution in [-0.2, 0) is 6.61 Å². The van der Waals surface area contributed by atoms with E-state index >= 15 is 0 Å². The van der Waals surface area contributed by atoms with Crippen LogP contribution in [0.3, 0.4) is 0 Å². The second-order valence-corrected chi connectivity index (χ2v) is 8.26. The van der Waals surface area contributed by atoms with E-state index in [1.54, 1.807) is 66.7 Å². The number of hydrogen-bond donors (Lipinski definition) is 1. The molecular formula is C31H28N2O6. The Balaban J connectivity index is 1.35. The van der Waals surface area contributed by atoms with Crippen molar-refractivity contribution in [1.29, 1.82) is 0 Å². The zero-order valence-electron chi connectivity index (χ0n) is 21.6.